The highest BCUT2D eigenvalue weighted by atomic mass is 16.2. The van der Waals surface area contributed by atoms with Gasteiger partial charge >= 0.3 is 0 Å². The molecular formula is C19H22N4O2. The van der Waals surface area contributed by atoms with E-state index in [0.717, 1.165) is 49.8 Å². The highest BCUT2D eigenvalue weighted by molar-refractivity contribution is 6.04. The molecule has 130 valence electrons. The second-order valence-corrected chi connectivity index (χ2v) is 7.70. The Hall–Kier alpha value is -2.37. The van der Waals surface area contributed by atoms with Gasteiger partial charge in [-0.2, -0.15) is 5.10 Å². The summed E-state index contributed by atoms with van der Waals surface area (Å²) in [7, 11) is 0. The van der Waals surface area contributed by atoms with Gasteiger partial charge in [0.15, 0.2) is 5.69 Å². The maximum atomic E-state index is 13.1. The molecule has 1 aromatic carbocycles. The van der Waals surface area contributed by atoms with Crippen LogP contribution in [-0.4, -0.2) is 57.5 Å². The molecule has 0 aliphatic carbocycles. The molecule has 0 radical (unpaired) electrons. The third kappa shape index (κ3) is 2.34. The Labute approximate surface area is 146 Å². The van der Waals surface area contributed by atoms with Gasteiger partial charge in [0.25, 0.3) is 5.91 Å². The van der Waals surface area contributed by atoms with E-state index in [1.165, 1.54) is 0 Å². The summed E-state index contributed by atoms with van der Waals surface area (Å²) in [5.41, 5.74) is 1.42. The number of amides is 2. The van der Waals surface area contributed by atoms with Crippen molar-refractivity contribution in [3.8, 4) is 0 Å². The van der Waals surface area contributed by atoms with Gasteiger partial charge in [0.1, 0.15) is 0 Å². The highest BCUT2D eigenvalue weighted by Crippen LogP contribution is 2.38. The van der Waals surface area contributed by atoms with Crippen LogP contribution in [0.5, 0.6) is 0 Å². The van der Waals surface area contributed by atoms with Crippen molar-refractivity contribution in [2.24, 2.45) is 11.8 Å². The Kier molecular flexibility index (Phi) is 3.33. The number of carbonyl (C=O) groups excluding carboxylic acids is 2. The fraction of sp³-hybridized carbons (Fsp3) is 0.526. The van der Waals surface area contributed by atoms with E-state index in [1.807, 2.05) is 29.2 Å². The van der Waals surface area contributed by atoms with Crippen LogP contribution in [0.25, 0.3) is 10.9 Å². The topological polar surface area (TPSA) is 69.3 Å². The molecule has 0 spiro atoms. The predicted molar refractivity (Wildman–Crippen MR) is 92.9 cm³/mol. The zero-order valence-electron chi connectivity index (χ0n) is 14.1. The van der Waals surface area contributed by atoms with Crippen LogP contribution >= 0.6 is 0 Å². The third-order valence-corrected chi connectivity index (χ3v) is 6.14. The molecule has 5 rings (SSSR count). The normalized spacial score (nSPS) is 29.0. The number of fused-ring (bicyclic) bond motifs is 5. The maximum Gasteiger partial charge on any atom is 0.275 e. The largest absolute Gasteiger partial charge is 0.339 e. The molecule has 0 unspecified atom stereocenters. The van der Waals surface area contributed by atoms with Crippen molar-refractivity contribution >= 4 is 22.7 Å². The van der Waals surface area contributed by atoms with Gasteiger partial charge in [-0.05, 0) is 37.2 Å². The van der Waals surface area contributed by atoms with E-state index in [9.17, 15) is 9.59 Å². The SMILES string of the molecule is O=C(c1n[nH]c2ccccc12)N1C[C@H]2C[C@H](C1)[C@H]1CCCC(=O)N1C2. The highest BCUT2D eigenvalue weighted by Gasteiger charge is 2.45. The molecule has 25 heavy (non-hydrogen) atoms. The molecule has 4 heterocycles. The van der Waals surface area contributed by atoms with Gasteiger partial charge in [-0.1, -0.05) is 18.2 Å². The number of hydrogen-bond donors (Lipinski definition) is 1. The van der Waals surface area contributed by atoms with Gasteiger partial charge in [-0.25, -0.2) is 0 Å². The van der Waals surface area contributed by atoms with Crippen LogP contribution < -0.4 is 0 Å². The molecule has 2 aromatic rings. The fourth-order valence-electron chi connectivity index (χ4n) is 5.05. The number of carbonyl (C=O) groups is 2. The average molecular weight is 338 g/mol. The summed E-state index contributed by atoms with van der Waals surface area (Å²) in [6, 6.07) is 8.08. The number of aromatic amines is 1. The lowest BCUT2D eigenvalue weighted by Crippen LogP contribution is -2.61. The average Bonchev–Trinajstić information content (AvgIpc) is 3.06. The first-order valence-electron chi connectivity index (χ1n) is 9.22. The molecule has 6 nitrogen and oxygen atoms in total. The van der Waals surface area contributed by atoms with Crippen LogP contribution in [0.3, 0.4) is 0 Å². The van der Waals surface area contributed by atoms with E-state index < -0.39 is 0 Å². The predicted octanol–water partition coefficient (Wildman–Crippen LogP) is 2.04. The molecular weight excluding hydrogens is 316 g/mol. The first-order chi connectivity index (χ1) is 12.2. The number of para-hydroxylation sites is 1. The number of rotatable bonds is 1. The number of H-pyrrole nitrogens is 1. The third-order valence-electron chi connectivity index (χ3n) is 6.14. The lowest BCUT2D eigenvalue weighted by atomic mass is 9.76. The number of piperidine rings is 3. The van der Waals surface area contributed by atoms with Gasteiger partial charge in [0, 0.05) is 37.5 Å². The molecule has 6 heteroatoms. The summed E-state index contributed by atoms with van der Waals surface area (Å²) >= 11 is 0. The quantitative estimate of drug-likeness (QED) is 0.865. The molecule has 3 atom stereocenters. The second-order valence-electron chi connectivity index (χ2n) is 7.70. The Morgan fingerprint density at radius 1 is 1.20 bits per heavy atom. The zero-order chi connectivity index (χ0) is 17.0. The van der Waals surface area contributed by atoms with Crippen molar-refractivity contribution in [2.45, 2.75) is 31.7 Å². The standard InChI is InChI=1S/C19H22N4O2/c24-17-7-3-6-16-13-8-12(10-23(16)17)9-22(11-13)19(25)18-14-4-1-2-5-15(14)20-21-18/h1-2,4-5,12-13,16H,3,6-11H2,(H,20,21)/t12-,13-,16-/m1/s1. The van der Waals surface area contributed by atoms with Gasteiger partial charge in [-0.15, -0.1) is 0 Å². The Balaban J connectivity index is 1.41. The minimum absolute atomic E-state index is 0.0164. The molecule has 3 fully saturated rings. The zero-order valence-corrected chi connectivity index (χ0v) is 14.1. The van der Waals surface area contributed by atoms with Crippen molar-refractivity contribution in [3.05, 3.63) is 30.0 Å². The first kappa shape index (κ1) is 14.9. The van der Waals surface area contributed by atoms with Crippen molar-refractivity contribution in [3.63, 3.8) is 0 Å². The number of aromatic nitrogens is 2. The summed E-state index contributed by atoms with van der Waals surface area (Å²) in [6.07, 6.45) is 3.90. The molecule has 3 aliphatic rings. The number of hydrogen-bond acceptors (Lipinski definition) is 3. The van der Waals surface area contributed by atoms with Gasteiger partial charge in [0.2, 0.25) is 5.91 Å². The maximum absolute atomic E-state index is 13.1. The molecule has 1 aromatic heterocycles. The van der Waals surface area contributed by atoms with Crippen LogP contribution in [0.15, 0.2) is 24.3 Å². The summed E-state index contributed by atoms with van der Waals surface area (Å²) in [5.74, 6) is 1.13. The van der Waals surface area contributed by atoms with E-state index in [0.29, 0.717) is 35.9 Å². The fourth-order valence-corrected chi connectivity index (χ4v) is 5.05. The lowest BCUT2D eigenvalue weighted by molar-refractivity contribution is -0.144. The van der Waals surface area contributed by atoms with Crippen LogP contribution in [0.2, 0.25) is 0 Å². The Morgan fingerprint density at radius 2 is 2.08 bits per heavy atom. The van der Waals surface area contributed by atoms with Crippen molar-refractivity contribution in [1.82, 2.24) is 20.0 Å². The van der Waals surface area contributed by atoms with E-state index in [4.69, 9.17) is 0 Å². The smallest absolute Gasteiger partial charge is 0.275 e. The van der Waals surface area contributed by atoms with Crippen LogP contribution in [-0.2, 0) is 4.79 Å². The lowest BCUT2D eigenvalue weighted by Gasteiger charge is -2.52. The minimum atomic E-state index is 0.0164. The summed E-state index contributed by atoms with van der Waals surface area (Å²) in [4.78, 5) is 29.4. The van der Waals surface area contributed by atoms with Crippen LogP contribution in [0.4, 0.5) is 0 Å². The van der Waals surface area contributed by atoms with Gasteiger partial charge < -0.3 is 9.80 Å². The molecule has 2 amide bonds. The second kappa shape index (κ2) is 5.58. The Morgan fingerprint density at radius 3 is 3.00 bits per heavy atom. The van der Waals surface area contributed by atoms with E-state index in [1.54, 1.807) is 0 Å². The summed E-state index contributed by atoms with van der Waals surface area (Å²) < 4.78 is 0. The molecule has 0 saturated carbocycles. The van der Waals surface area contributed by atoms with Crippen molar-refractivity contribution < 1.29 is 9.59 Å². The van der Waals surface area contributed by atoms with Crippen molar-refractivity contribution in [1.29, 1.82) is 0 Å². The van der Waals surface area contributed by atoms with E-state index in [-0.39, 0.29) is 5.91 Å². The molecule has 3 aliphatic heterocycles. The Bertz CT molecular complexity index is 845. The number of likely N-dealkylation sites (tertiary alicyclic amines) is 1. The van der Waals surface area contributed by atoms with Crippen molar-refractivity contribution in [2.75, 3.05) is 19.6 Å². The van der Waals surface area contributed by atoms with Crippen LogP contribution in [0.1, 0.15) is 36.2 Å². The van der Waals surface area contributed by atoms with Crippen LogP contribution in [0, 0.1) is 11.8 Å². The number of benzene rings is 1. The summed E-state index contributed by atoms with van der Waals surface area (Å²) in [6.45, 7) is 2.28. The van der Waals surface area contributed by atoms with Gasteiger partial charge in [0.05, 0.1) is 5.52 Å². The van der Waals surface area contributed by atoms with E-state index in [2.05, 4.69) is 15.1 Å². The molecule has 3 saturated heterocycles. The molecule has 2 bridgehead atoms. The van der Waals surface area contributed by atoms with E-state index >= 15 is 0 Å². The monoisotopic (exact) mass is 338 g/mol. The number of nitrogens with one attached hydrogen (secondary N) is 1. The first-order valence-corrected chi connectivity index (χ1v) is 9.22. The molecule has 1 N–H and O–H groups in total. The summed E-state index contributed by atoms with van der Waals surface area (Å²) in [5, 5.41) is 8.12. The number of nitrogens with zero attached hydrogens (tertiary/aromatic N) is 3. The minimum Gasteiger partial charge on any atom is -0.339 e. The van der Waals surface area contributed by atoms with Gasteiger partial charge in [-0.3, -0.25) is 14.7 Å².